The fourth-order valence-electron chi connectivity index (χ4n) is 1.29. The number of hydrogen-bond donors (Lipinski definition) is 1. The first-order valence-corrected chi connectivity index (χ1v) is 6.79. The van der Waals surface area contributed by atoms with Crippen LogP contribution in [0.1, 0.15) is 5.56 Å². The number of aryl methyl sites for hydroxylation is 1. The zero-order valence-corrected chi connectivity index (χ0v) is 11.8. The van der Waals surface area contributed by atoms with E-state index in [0.29, 0.717) is 5.89 Å². The average molecular weight is 329 g/mol. The number of nitrogens with zero attached hydrogens (tertiary/aromatic N) is 2. The van der Waals surface area contributed by atoms with E-state index >= 15 is 0 Å². The Morgan fingerprint density at radius 2 is 2.28 bits per heavy atom. The zero-order chi connectivity index (χ0) is 13.1. The van der Waals surface area contributed by atoms with Crippen molar-refractivity contribution in [2.75, 3.05) is 5.75 Å². The molecule has 0 aliphatic carbocycles. The quantitative estimate of drug-likeness (QED) is 0.869. The van der Waals surface area contributed by atoms with Gasteiger partial charge in [-0.05, 0) is 30.7 Å². The van der Waals surface area contributed by atoms with Gasteiger partial charge < -0.3 is 9.52 Å². The monoisotopic (exact) mass is 328 g/mol. The molecule has 0 amide bonds. The van der Waals surface area contributed by atoms with Crippen LogP contribution in [0.3, 0.4) is 0 Å². The van der Waals surface area contributed by atoms with Crippen LogP contribution in [0.15, 0.2) is 32.3 Å². The maximum atomic E-state index is 10.4. The van der Waals surface area contributed by atoms with Gasteiger partial charge >= 0.3 is 5.97 Å². The number of carboxylic acid groups (broad SMARTS) is 1. The van der Waals surface area contributed by atoms with E-state index in [1.54, 1.807) is 0 Å². The Labute approximate surface area is 116 Å². The second kappa shape index (κ2) is 5.53. The number of rotatable bonds is 4. The lowest BCUT2D eigenvalue weighted by Crippen LogP contribution is -1.97. The minimum Gasteiger partial charge on any atom is -0.481 e. The smallest absolute Gasteiger partial charge is 0.314 e. The second-order valence-electron chi connectivity index (χ2n) is 3.52. The standard InChI is InChI=1S/C11H9BrN2O3S/c1-6-4-7(2-3-8(6)12)10-13-14-11(17-10)18-5-9(15)16/h2-4H,5H2,1H3,(H,15,16). The first kappa shape index (κ1) is 13.1. The highest BCUT2D eigenvalue weighted by molar-refractivity contribution is 9.10. The Hall–Kier alpha value is -1.34. The minimum atomic E-state index is -0.917. The average Bonchev–Trinajstić information content (AvgIpc) is 2.79. The summed E-state index contributed by atoms with van der Waals surface area (Å²) in [6, 6.07) is 5.68. The third kappa shape index (κ3) is 3.11. The van der Waals surface area contributed by atoms with Gasteiger partial charge in [0.15, 0.2) is 0 Å². The summed E-state index contributed by atoms with van der Waals surface area (Å²) in [4.78, 5) is 10.4. The van der Waals surface area contributed by atoms with Gasteiger partial charge in [-0.2, -0.15) is 0 Å². The zero-order valence-electron chi connectivity index (χ0n) is 9.38. The Bertz CT molecular complexity index is 585. The van der Waals surface area contributed by atoms with E-state index in [2.05, 4.69) is 26.1 Å². The molecule has 1 heterocycles. The molecule has 0 saturated heterocycles. The fourth-order valence-corrected chi connectivity index (χ4v) is 2.02. The van der Waals surface area contributed by atoms with Crippen molar-refractivity contribution in [1.29, 1.82) is 0 Å². The number of aliphatic carboxylic acids is 1. The van der Waals surface area contributed by atoms with Gasteiger partial charge in [-0.3, -0.25) is 4.79 Å². The van der Waals surface area contributed by atoms with Crippen molar-refractivity contribution in [1.82, 2.24) is 10.2 Å². The van der Waals surface area contributed by atoms with Crippen LogP contribution in [-0.2, 0) is 4.79 Å². The van der Waals surface area contributed by atoms with Gasteiger partial charge in [0.2, 0.25) is 5.89 Å². The van der Waals surface area contributed by atoms with E-state index in [4.69, 9.17) is 9.52 Å². The summed E-state index contributed by atoms with van der Waals surface area (Å²) in [5.41, 5.74) is 1.87. The van der Waals surface area contributed by atoms with Crippen molar-refractivity contribution in [2.45, 2.75) is 12.1 Å². The number of benzene rings is 1. The minimum absolute atomic E-state index is 0.0962. The highest BCUT2D eigenvalue weighted by Crippen LogP contribution is 2.26. The summed E-state index contributed by atoms with van der Waals surface area (Å²) in [5.74, 6) is -0.626. The van der Waals surface area contributed by atoms with Crippen LogP contribution in [0.4, 0.5) is 0 Å². The molecule has 0 aliphatic heterocycles. The summed E-state index contributed by atoms with van der Waals surface area (Å²) in [6.07, 6.45) is 0. The number of carbonyl (C=O) groups is 1. The van der Waals surface area contributed by atoms with Gasteiger partial charge in [0.25, 0.3) is 5.22 Å². The largest absolute Gasteiger partial charge is 0.481 e. The molecule has 7 heteroatoms. The molecule has 2 rings (SSSR count). The summed E-state index contributed by atoms with van der Waals surface area (Å²) in [7, 11) is 0. The van der Waals surface area contributed by atoms with E-state index in [1.807, 2.05) is 25.1 Å². The lowest BCUT2D eigenvalue weighted by molar-refractivity contribution is -0.133. The molecule has 0 bridgehead atoms. The Kier molecular flexibility index (Phi) is 4.03. The van der Waals surface area contributed by atoms with Crippen LogP contribution in [0.2, 0.25) is 0 Å². The van der Waals surface area contributed by atoms with Crippen LogP contribution in [-0.4, -0.2) is 27.0 Å². The van der Waals surface area contributed by atoms with Gasteiger partial charge in [-0.1, -0.05) is 27.7 Å². The van der Waals surface area contributed by atoms with Crippen molar-refractivity contribution in [3.05, 3.63) is 28.2 Å². The molecule has 18 heavy (non-hydrogen) atoms. The molecule has 1 N–H and O–H groups in total. The predicted molar refractivity (Wildman–Crippen MR) is 70.5 cm³/mol. The molecule has 5 nitrogen and oxygen atoms in total. The Morgan fingerprint density at radius 3 is 2.94 bits per heavy atom. The van der Waals surface area contributed by atoms with Crippen LogP contribution in [0.25, 0.3) is 11.5 Å². The van der Waals surface area contributed by atoms with E-state index in [9.17, 15) is 4.79 Å². The third-order valence-electron chi connectivity index (χ3n) is 2.13. The maximum Gasteiger partial charge on any atom is 0.314 e. The molecule has 1 aromatic heterocycles. The van der Waals surface area contributed by atoms with E-state index in [0.717, 1.165) is 27.4 Å². The highest BCUT2D eigenvalue weighted by atomic mass is 79.9. The lowest BCUT2D eigenvalue weighted by atomic mass is 10.1. The molecule has 0 aliphatic rings. The number of thioether (sulfide) groups is 1. The number of aromatic nitrogens is 2. The van der Waals surface area contributed by atoms with Crippen molar-refractivity contribution in [3.63, 3.8) is 0 Å². The van der Waals surface area contributed by atoms with Gasteiger partial charge in [0, 0.05) is 10.0 Å². The van der Waals surface area contributed by atoms with Crippen LogP contribution in [0, 0.1) is 6.92 Å². The predicted octanol–water partition coefficient (Wildman–Crippen LogP) is 2.98. The second-order valence-corrected chi connectivity index (χ2v) is 5.30. The molecule has 0 atom stereocenters. The highest BCUT2D eigenvalue weighted by Gasteiger charge is 2.11. The number of carboxylic acids is 1. The van der Waals surface area contributed by atoms with E-state index in [1.165, 1.54) is 0 Å². The molecule has 94 valence electrons. The molecule has 0 radical (unpaired) electrons. The topological polar surface area (TPSA) is 76.2 Å². The van der Waals surface area contributed by atoms with Crippen LogP contribution < -0.4 is 0 Å². The lowest BCUT2D eigenvalue weighted by Gasteiger charge is -1.99. The molecule has 0 unspecified atom stereocenters. The molecular weight excluding hydrogens is 320 g/mol. The summed E-state index contributed by atoms with van der Waals surface area (Å²) < 4.78 is 6.38. The third-order valence-corrected chi connectivity index (χ3v) is 3.82. The molecule has 0 spiro atoms. The Balaban J connectivity index is 2.18. The van der Waals surface area contributed by atoms with Gasteiger partial charge in [-0.25, -0.2) is 0 Å². The van der Waals surface area contributed by atoms with Gasteiger partial charge in [0.1, 0.15) is 5.75 Å². The van der Waals surface area contributed by atoms with Crippen molar-refractivity contribution in [2.24, 2.45) is 0 Å². The van der Waals surface area contributed by atoms with Crippen molar-refractivity contribution >= 4 is 33.7 Å². The van der Waals surface area contributed by atoms with Crippen molar-refractivity contribution in [3.8, 4) is 11.5 Å². The van der Waals surface area contributed by atoms with E-state index < -0.39 is 5.97 Å². The molecule has 0 saturated carbocycles. The van der Waals surface area contributed by atoms with Gasteiger partial charge in [-0.15, -0.1) is 10.2 Å². The van der Waals surface area contributed by atoms with Crippen LogP contribution >= 0.6 is 27.7 Å². The summed E-state index contributed by atoms with van der Waals surface area (Å²) in [6.45, 7) is 1.96. The van der Waals surface area contributed by atoms with E-state index in [-0.39, 0.29) is 11.0 Å². The summed E-state index contributed by atoms with van der Waals surface area (Å²) in [5, 5.41) is 16.5. The molecule has 2 aromatic rings. The molecule has 0 fully saturated rings. The van der Waals surface area contributed by atoms with Crippen LogP contribution in [0.5, 0.6) is 0 Å². The number of hydrogen-bond acceptors (Lipinski definition) is 5. The molecular formula is C11H9BrN2O3S. The fraction of sp³-hybridized carbons (Fsp3) is 0.182. The van der Waals surface area contributed by atoms with Gasteiger partial charge in [0.05, 0.1) is 0 Å². The first-order valence-electron chi connectivity index (χ1n) is 5.01. The normalized spacial score (nSPS) is 10.6. The van der Waals surface area contributed by atoms with Crippen molar-refractivity contribution < 1.29 is 14.3 Å². The molecule has 1 aromatic carbocycles. The SMILES string of the molecule is Cc1cc(-c2nnc(SCC(=O)O)o2)ccc1Br. The summed E-state index contributed by atoms with van der Waals surface area (Å²) >= 11 is 4.41. The number of halogens is 1. The maximum absolute atomic E-state index is 10.4. The Morgan fingerprint density at radius 1 is 1.50 bits per heavy atom. The first-order chi connectivity index (χ1) is 8.56.